The average Bonchev–Trinajstić information content (AvgIpc) is 2.83. The standard InChI is InChI=1S/C20H25N3O7/c24-16-11-10-14(18(25)23-17(30-20(28)29)7-4-12-22(16)23)21-15(19(26)27)9-8-13-5-2-1-3-6-13/h1-3,5-6,14-15,17,21H,4,7-12H2,(H,26,27)(H,28,29)/t14-,15?,17-/m0/s1. The Morgan fingerprint density at radius 1 is 1.17 bits per heavy atom. The number of hydrogen-bond acceptors (Lipinski definition) is 6. The molecule has 10 heteroatoms. The number of ether oxygens (including phenoxy) is 1. The lowest BCUT2D eigenvalue weighted by Gasteiger charge is -2.42. The van der Waals surface area contributed by atoms with Gasteiger partial charge in [-0.15, -0.1) is 0 Å². The van der Waals surface area contributed by atoms with Crippen LogP contribution in [0.15, 0.2) is 30.3 Å². The lowest BCUT2D eigenvalue weighted by atomic mass is 10.0. The number of aryl methyl sites for hydroxylation is 1. The summed E-state index contributed by atoms with van der Waals surface area (Å²) in [6.45, 7) is 0.285. The number of benzene rings is 1. The molecule has 1 unspecified atom stereocenters. The smallest absolute Gasteiger partial charge is 0.480 e. The van der Waals surface area contributed by atoms with Crippen molar-refractivity contribution in [3.8, 4) is 0 Å². The molecule has 0 aromatic heterocycles. The maximum atomic E-state index is 13.2. The van der Waals surface area contributed by atoms with E-state index in [2.05, 4.69) is 5.32 Å². The van der Waals surface area contributed by atoms with E-state index in [4.69, 9.17) is 9.84 Å². The number of carbonyl (C=O) groups is 4. The second kappa shape index (κ2) is 9.57. The van der Waals surface area contributed by atoms with Gasteiger partial charge in [0.2, 0.25) is 5.91 Å². The molecule has 2 heterocycles. The van der Waals surface area contributed by atoms with Crippen molar-refractivity contribution in [2.75, 3.05) is 6.54 Å². The molecule has 2 fully saturated rings. The highest BCUT2D eigenvalue weighted by Gasteiger charge is 2.44. The van der Waals surface area contributed by atoms with E-state index >= 15 is 0 Å². The lowest BCUT2D eigenvalue weighted by Crippen LogP contribution is -2.61. The number of rotatable bonds is 7. The first-order valence-electron chi connectivity index (χ1n) is 9.92. The Morgan fingerprint density at radius 3 is 2.57 bits per heavy atom. The van der Waals surface area contributed by atoms with Crippen LogP contribution in [0.25, 0.3) is 0 Å². The predicted molar refractivity (Wildman–Crippen MR) is 103 cm³/mol. The van der Waals surface area contributed by atoms with Gasteiger partial charge in [0.25, 0.3) is 5.91 Å². The molecule has 1 aromatic carbocycles. The highest BCUT2D eigenvalue weighted by molar-refractivity contribution is 5.89. The van der Waals surface area contributed by atoms with Gasteiger partial charge in [-0.2, -0.15) is 0 Å². The molecule has 30 heavy (non-hydrogen) atoms. The van der Waals surface area contributed by atoms with Gasteiger partial charge in [0, 0.05) is 19.4 Å². The summed E-state index contributed by atoms with van der Waals surface area (Å²) >= 11 is 0. The molecule has 162 valence electrons. The van der Waals surface area contributed by atoms with Crippen molar-refractivity contribution < 1.29 is 34.1 Å². The number of amides is 2. The normalized spacial score (nSPS) is 22.8. The number of fused-ring (bicyclic) bond motifs is 1. The summed E-state index contributed by atoms with van der Waals surface area (Å²) in [5, 5.41) is 23.7. The minimum atomic E-state index is -1.54. The maximum Gasteiger partial charge on any atom is 0.507 e. The van der Waals surface area contributed by atoms with Crippen LogP contribution in [0.4, 0.5) is 4.79 Å². The fraction of sp³-hybridized carbons (Fsp3) is 0.500. The van der Waals surface area contributed by atoms with Crippen LogP contribution < -0.4 is 5.32 Å². The van der Waals surface area contributed by atoms with Gasteiger partial charge in [0.1, 0.15) is 6.04 Å². The van der Waals surface area contributed by atoms with Crippen molar-refractivity contribution in [1.82, 2.24) is 15.3 Å². The van der Waals surface area contributed by atoms with Crippen LogP contribution in [0.5, 0.6) is 0 Å². The SMILES string of the molecule is O=C(O)O[C@H]1CCCN2C(=O)CC[C@H](NC(CCc3ccccc3)C(=O)O)C(=O)N12. The summed E-state index contributed by atoms with van der Waals surface area (Å²) in [5.74, 6) is -1.97. The number of hydrogen-bond donors (Lipinski definition) is 3. The molecule has 0 bridgehead atoms. The Balaban J connectivity index is 1.74. The van der Waals surface area contributed by atoms with E-state index in [-0.39, 0.29) is 38.1 Å². The molecule has 2 aliphatic rings. The first-order chi connectivity index (χ1) is 14.4. The topological polar surface area (TPSA) is 136 Å². The van der Waals surface area contributed by atoms with Crippen molar-refractivity contribution >= 4 is 23.9 Å². The zero-order chi connectivity index (χ0) is 21.7. The van der Waals surface area contributed by atoms with E-state index in [0.29, 0.717) is 12.8 Å². The number of nitrogens with zero attached hydrogens (tertiary/aromatic N) is 2. The summed E-state index contributed by atoms with van der Waals surface area (Å²) in [4.78, 5) is 48.4. The fourth-order valence-corrected chi connectivity index (χ4v) is 3.84. The second-order valence-electron chi connectivity index (χ2n) is 7.35. The Kier molecular flexibility index (Phi) is 6.88. The third kappa shape index (κ3) is 5.07. The van der Waals surface area contributed by atoms with Gasteiger partial charge in [-0.3, -0.25) is 19.7 Å². The quantitative estimate of drug-likeness (QED) is 0.561. The Morgan fingerprint density at radius 2 is 1.90 bits per heavy atom. The minimum Gasteiger partial charge on any atom is -0.480 e. The van der Waals surface area contributed by atoms with Crippen molar-refractivity contribution in [2.45, 2.75) is 56.8 Å². The van der Waals surface area contributed by atoms with E-state index in [0.717, 1.165) is 10.6 Å². The highest BCUT2D eigenvalue weighted by Crippen LogP contribution is 2.26. The Labute approximate surface area is 173 Å². The molecule has 0 radical (unpaired) electrons. The van der Waals surface area contributed by atoms with E-state index in [1.54, 1.807) is 0 Å². The van der Waals surface area contributed by atoms with Gasteiger partial charge in [-0.05, 0) is 31.2 Å². The van der Waals surface area contributed by atoms with Crippen LogP contribution >= 0.6 is 0 Å². The molecule has 1 aromatic rings. The molecule has 0 saturated carbocycles. The maximum absolute atomic E-state index is 13.2. The number of carbonyl (C=O) groups excluding carboxylic acids is 2. The molecule has 10 nitrogen and oxygen atoms in total. The number of hydrazine groups is 1. The molecule has 3 atom stereocenters. The van der Waals surface area contributed by atoms with Crippen LogP contribution in [-0.4, -0.2) is 69.0 Å². The van der Waals surface area contributed by atoms with Gasteiger partial charge in [0.05, 0.1) is 6.04 Å². The number of nitrogens with one attached hydrogen (secondary N) is 1. The molecular weight excluding hydrogens is 394 g/mol. The molecule has 0 aliphatic carbocycles. The third-order valence-electron chi connectivity index (χ3n) is 5.31. The highest BCUT2D eigenvalue weighted by atomic mass is 16.7. The number of carboxylic acid groups (broad SMARTS) is 2. The first-order valence-corrected chi connectivity index (χ1v) is 9.92. The van der Waals surface area contributed by atoms with Gasteiger partial charge >= 0.3 is 12.1 Å². The van der Waals surface area contributed by atoms with E-state index in [1.165, 1.54) is 5.01 Å². The van der Waals surface area contributed by atoms with Crippen molar-refractivity contribution in [3.63, 3.8) is 0 Å². The van der Waals surface area contributed by atoms with Crippen LogP contribution in [0.1, 0.15) is 37.7 Å². The zero-order valence-electron chi connectivity index (χ0n) is 16.4. The van der Waals surface area contributed by atoms with Crippen molar-refractivity contribution in [2.24, 2.45) is 0 Å². The van der Waals surface area contributed by atoms with E-state index in [9.17, 15) is 24.3 Å². The summed E-state index contributed by atoms with van der Waals surface area (Å²) in [5.41, 5.74) is 0.977. The second-order valence-corrected chi connectivity index (χ2v) is 7.35. The zero-order valence-corrected chi connectivity index (χ0v) is 16.4. The van der Waals surface area contributed by atoms with Gasteiger partial charge in [0.15, 0.2) is 6.23 Å². The van der Waals surface area contributed by atoms with Crippen molar-refractivity contribution in [1.29, 1.82) is 0 Å². The molecule has 2 amide bonds. The first kappa shape index (κ1) is 21.6. The number of carboxylic acids is 1. The van der Waals surface area contributed by atoms with Gasteiger partial charge < -0.3 is 14.9 Å². The monoisotopic (exact) mass is 419 g/mol. The number of aliphatic carboxylic acids is 1. The van der Waals surface area contributed by atoms with Crippen LogP contribution in [0.2, 0.25) is 0 Å². The van der Waals surface area contributed by atoms with E-state index in [1.807, 2.05) is 30.3 Å². The van der Waals surface area contributed by atoms with Gasteiger partial charge in [-0.1, -0.05) is 30.3 Å². The molecule has 3 rings (SSSR count). The molecule has 2 aliphatic heterocycles. The van der Waals surface area contributed by atoms with E-state index < -0.39 is 36.3 Å². The summed E-state index contributed by atoms with van der Waals surface area (Å²) < 4.78 is 4.82. The summed E-state index contributed by atoms with van der Waals surface area (Å²) in [7, 11) is 0. The molecule has 2 saturated heterocycles. The third-order valence-corrected chi connectivity index (χ3v) is 5.31. The predicted octanol–water partition coefficient (Wildman–Crippen LogP) is 1.21. The largest absolute Gasteiger partial charge is 0.507 e. The minimum absolute atomic E-state index is 0.0464. The molecular formula is C20H25N3O7. The van der Waals surface area contributed by atoms with Gasteiger partial charge in [-0.25, -0.2) is 14.8 Å². The Hall–Kier alpha value is -3.14. The molecule has 3 N–H and O–H groups in total. The summed E-state index contributed by atoms with van der Waals surface area (Å²) in [6.07, 6.45) is -0.943. The van der Waals surface area contributed by atoms with Crippen LogP contribution in [-0.2, 0) is 25.5 Å². The van der Waals surface area contributed by atoms with Crippen LogP contribution in [0.3, 0.4) is 0 Å². The molecule has 0 spiro atoms. The summed E-state index contributed by atoms with van der Waals surface area (Å²) in [6, 6.07) is 7.47. The lowest BCUT2D eigenvalue weighted by molar-refractivity contribution is -0.196. The van der Waals surface area contributed by atoms with Crippen LogP contribution in [0, 0.1) is 0 Å². The average molecular weight is 419 g/mol. The van der Waals surface area contributed by atoms with Crippen molar-refractivity contribution in [3.05, 3.63) is 35.9 Å². The Bertz CT molecular complexity index is 801. The fourth-order valence-electron chi connectivity index (χ4n) is 3.84.